The molecule has 0 fully saturated rings. The number of nitrogens with zero attached hydrogens (tertiary/aromatic N) is 4. The number of hydrogen-bond donors (Lipinski definition) is 0. The third-order valence-corrected chi connectivity index (χ3v) is 5.86. The van der Waals surface area contributed by atoms with E-state index < -0.39 is 0 Å². The summed E-state index contributed by atoms with van der Waals surface area (Å²) in [6.07, 6.45) is 3.07. The van der Waals surface area contributed by atoms with Crippen molar-refractivity contribution in [3.05, 3.63) is 75.0 Å². The van der Waals surface area contributed by atoms with Crippen molar-refractivity contribution in [3.8, 4) is 5.75 Å². The highest BCUT2D eigenvalue weighted by Gasteiger charge is 2.14. The summed E-state index contributed by atoms with van der Waals surface area (Å²) in [5, 5.41) is 2.63. The van der Waals surface area contributed by atoms with E-state index in [4.69, 9.17) is 4.74 Å². The number of thiophene rings is 1. The number of benzene rings is 1. The molecule has 3 aromatic heterocycles. The Hall–Kier alpha value is -2.71. The number of thioether (sulfide) groups is 1. The Balaban J connectivity index is 1.72. The molecule has 3 heterocycles. The standard InChI is InChI=1S/C19H16N4O2S2/c1-25-14-5-2-4-13(10-14)12-27-19-22-17-16(20-7-8-21-17)18(24)23(19)11-15-6-3-9-26-15/h2-10H,11-12H2,1H3. The van der Waals surface area contributed by atoms with E-state index in [9.17, 15) is 4.79 Å². The topological polar surface area (TPSA) is 69.9 Å². The van der Waals surface area contributed by atoms with Crippen LogP contribution in [0.3, 0.4) is 0 Å². The second-order valence-corrected chi connectivity index (χ2v) is 7.71. The lowest BCUT2D eigenvalue weighted by molar-refractivity contribution is 0.414. The molecular weight excluding hydrogens is 380 g/mol. The molecule has 0 aliphatic carbocycles. The van der Waals surface area contributed by atoms with E-state index in [1.165, 1.54) is 18.0 Å². The molecule has 0 aliphatic heterocycles. The van der Waals surface area contributed by atoms with Crippen molar-refractivity contribution in [2.75, 3.05) is 7.11 Å². The smallest absolute Gasteiger partial charge is 0.282 e. The second-order valence-electron chi connectivity index (χ2n) is 5.73. The molecule has 0 atom stereocenters. The zero-order chi connectivity index (χ0) is 18.6. The maximum absolute atomic E-state index is 13.0. The minimum Gasteiger partial charge on any atom is -0.497 e. The minimum atomic E-state index is -0.172. The Morgan fingerprint density at radius 3 is 2.89 bits per heavy atom. The summed E-state index contributed by atoms with van der Waals surface area (Å²) in [7, 11) is 1.65. The average Bonchev–Trinajstić information content (AvgIpc) is 3.22. The Labute approximate surface area is 163 Å². The fourth-order valence-electron chi connectivity index (χ4n) is 2.65. The summed E-state index contributed by atoms with van der Waals surface area (Å²) < 4.78 is 6.95. The second kappa shape index (κ2) is 7.89. The number of hydrogen-bond acceptors (Lipinski definition) is 7. The zero-order valence-electron chi connectivity index (χ0n) is 14.5. The summed E-state index contributed by atoms with van der Waals surface area (Å²) in [5.41, 5.74) is 1.59. The van der Waals surface area contributed by atoms with Crippen molar-refractivity contribution < 1.29 is 4.74 Å². The molecule has 8 heteroatoms. The lowest BCUT2D eigenvalue weighted by atomic mass is 10.2. The van der Waals surface area contributed by atoms with Gasteiger partial charge in [0.25, 0.3) is 5.56 Å². The summed E-state index contributed by atoms with van der Waals surface area (Å²) in [6, 6.07) is 11.8. The van der Waals surface area contributed by atoms with Crippen molar-refractivity contribution >= 4 is 34.3 Å². The molecule has 0 aliphatic rings. The van der Waals surface area contributed by atoms with Gasteiger partial charge in [-0.2, -0.15) is 0 Å². The van der Waals surface area contributed by atoms with E-state index in [2.05, 4.69) is 15.0 Å². The van der Waals surface area contributed by atoms with E-state index in [1.807, 2.05) is 41.8 Å². The van der Waals surface area contributed by atoms with Crippen LogP contribution in [0.5, 0.6) is 5.75 Å². The van der Waals surface area contributed by atoms with Crippen LogP contribution in [0.2, 0.25) is 0 Å². The Morgan fingerprint density at radius 2 is 2.07 bits per heavy atom. The van der Waals surface area contributed by atoms with Gasteiger partial charge in [0.15, 0.2) is 16.3 Å². The van der Waals surface area contributed by atoms with Gasteiger partial charge in [0.05, 0.1) is 13.7 Å². The first-order valence-electron chi connectivity index (χ1n) is 8.24. The van der Waals surface area contributed by atoms with Crippen LogP contribution in [0, 0.1) is 0 Å². The number of aromatic nitrogens is 4. The van der Waals surface area contributed by atoms with Crippen LogP contribution in [-0.4, -0.2) is 26.6 Å². The van der Waals surface area contributed by atoms with E-state index in [0.717, 1.165) is 16.2 Å². The third kappa shape index (κ3) is 3.86. The quantitative estimate of drug-likeness (QED) is 0.366. The van der Waals surface area contributed by atoms with Crippen LogP contribution in [0.25, 0.3) is 11.2 Å². The summed E-state index contributed by atoms with van der Waals surface area (Å²) in [6.45, 7) is 0.469. The average molecular weight is 396 g/mol. The fraction of sp³-hybridized carbons (Fsp3) is 0.158. The first-order chi connectivity index (χ1) is 13.2. The van der Waals surface area contributed by atoms with Crippen molar-refractivity contribution in [1.29, 1.82) is 0 Å². The van der Waals surface area contributed by atoms with Crippen molar-refractivity contribution in [2.45, 2.75) is 17.5 Å². The van der Waals surface area contributed by atoms with Gasteiger partial charge in [0.2, 0.25) is 0 Å². The van der Waals surface area contributed by atoms with Gasteiger partial charge in [-0.3, -0.25) is 9.36 Å². The van der Waals surface area contributed by atoms with Gasteiger partial charge in [0.1, 0.15) is 5.75 Å². The molecule has 0 unspecified atom stereocenters. The van der Waals surface area contributed by atoms with Crippen LogP contribution in [0.4, 0.5) is 0 Å². The molecule has 136 valence electrons. The fourth-order valence-corrected chi connectivity index (χ4v) is 4.27. The molecule has 0 spiro atoms. The molecule has 1 aromatic carbocycles. The molecule has 27 heavy (non-hydrogen) atoms. The van der Waals surface area contributed by atoms with Crippen molar-refractivity contribution in [2.24, 2.45) is 0 Å². The van der Waals surface area contributed by atoms with E-state index in [1.54, 1.807) is 29.2 Å². The summed E-state index contributed by atoms with van der Waals surface area (Å²) >= 11 is 3.11. The van der Waals surface area contributed by atoms with E-state index in [0.29, 0.717) is 28.6 Å². The molecule has 0 radical (unpaired) electrons. The Kier molecular flexibility index (Phi) is 5.17. The number of fused-ring (bicyclic) bond motifs is 1. The monoisotopic (exact) mass is 396 g/mol. The summed E-state index contributed by atoms with van der Waals surface area (Å²) in [4.78, 5) is 27.0. The van der Waals surface area contributed by atoms with Gasteiger partial charge in [-0.25, -0.2) is 15.0 Å². The molecule has 0 bridgehead atoms. The normalized spacial score (nSPS) is 11.0. The lowest BCUT2D eigenvalue weighted by Crippen LogP contribution is -2.24. The van der Waals surface area contributed by atoms with Crippen molar-refractivity contribution in [3.63, 3.8) is 0 Å². The van der Waals surface area contributed by atoms with Crippen LogP contribution in [0.15, 0.2) is 64.1 Å². The van der Waals surface area contributed by atoms with Crippen LogP contribution >= 0.6 is 23.1 Å². The first kappa shape index (κ1) is 17.7. The highest BCUT2D eigenvalue weighted by molar-refractivity contribution is 7.98. The number of ether oxygens (including phenoxy) is 1. The number of rotatable bonds is 6. The van der Waals surface area contributed by atoms with E-state index >= 15 is 0 Å². The third-order valence-electron chi connectivity index (χ3n) is 3.96. The molecule has 0 saturated heterocycles. The van der Waals surface area contributed by atoms with Gasteiger partial charge in [-0.15, -0.1) is 11.3 Å². The molecular formula is C19H16N4O2S2. The molecule has 0 N–H and O–H groups in total. The maximum atomic E-state index is 13.0. The van der Waals surface area contributed by atoms with Crippen LogP contribution < -0.4 is 10.3 Å². The molecule has 0 saturated carbocycles. The van der Waals surface area contributed by atoms with Crippen LogP contribution in [0.1, 0.15) is 10.4 Å². The van der Waals surface area contributed by atoms with Gasteiger partial charge in [-0.05, 0) is 29.1 Å². The Morgan fingerprint density at radius 1 is 1.19 bits per heavy atom. The van der Waals surface area contributed by atoms with Gasteiger partial charge in [0, 0.05) is 23.0 Å². The molecule has 4 rings (SSSR count). The van der Waals surface area contributed by atoms with Crippen LogP contribution in [-0.2, 0) is 12.3 Å². The van der Waals surface area contributed by atoms with Crippen molar-refractivity contribution in [1.82, 2.24) is 19.5 Å². The largest absolute Gasteiger partial charge is 0.497 e. The lowest BCUT2D eigenvalue weighted by Gasteiger charge is -2.12. The number of methoxy groups -OCH3 is 1. The maximum Gasteiger partial charge on any atom is 0.282 e. The van der Waals surface area contributed by atoms with Gasteiger partial charge in [-0.1, -0.05) is 30.0 Å². The zero-order valence-corrected chi connectivity index (χ0v) is 16.2. The predicted molar refractivity (Wildman–Crippen MR) is 108 cm³/mol. The molecule has 4 aromatic rings. The first-order valence-corrected chi connectivity index (χ1v) is 10.1. The summed E-state index contributed by atoms with van der Waals surface area (Å²) in [5.74, 6) is 1.47. The minimum absolute atomic E-state index is 0.172. The molecule has 6 nitrogen and oxygen atoms in total. The van der Waals surface area contributed by atoms with Gasteiger partial charge < -0.3 is 4.74 Å². The predicted octanol–water partition coefficient (Wildman–Crippen LogP) is 3.60. The highest BCUT2D eigenvalue weighted by atomic mass is 32.2. The Bertz CT molecular complexity index is 1130. The van der Waals surface area contributed by atoms with Gasteiger partial charge >= 0.3 is 0 Å². The van der Waals surface area contributed by atoms with E-state index in [-0.39, 0.29) is 5.56 Å². The SMILES string of the molecule is COc1cccc(CSc2nc3nccnc3c(=O)n2Cc2cccs2)c1. The highest BCUT2D eigenvalue weighted by Crippen LogP contribution is 2.24. The molecule has 0 amide bonds.